The quantitative estimate of drug-likeness (QED) is 0.527. The van der Waals surface area contributed by atoms with E-state index >= 15 is 0 Å². The summed E-state index contributed by atoms with van der Waals surface area (Å²) in [5, 5.41) is 0.482. The van der Waals surface area contributed by atoms with Gasteiger partial charge in [-0.15, -0.1) is 0 Å². The van der Waals surface area contributed by atoms with Crippen molar-refractivity contribution in [3.63, 3.8) is 0 Å². The number of carbonyl (C=O) groups is 1. The summed E-state index contributed by atoms with van der Waals surface area (Å²) in [6.45, 7) is 3.38. The smallest absolute Gasteiger partial charge is 0.222 e. The van der Waals surface area contributed by atoms with E-state index in [0.29, 0.717) is 32.1 Å². The third-order valence-corrected chi connectivity index (χ3v) is 6.13. The fourth-order valence-electron chi connectivity index (χ4n) is 3.79. The van der Waals surface area contributed by atoms with Crippen LogP contribution in [0.3, 0.4) is 0 Å². The molecule has 29 heavy (non-hydrogen) atoms. The SMILES string of the molecule is O=C(Cl)CCN1CCOC(c2ccc(OCc3c(Cl)cccc3C3CC3)cc2)C1. The highest BCUT2D eigenvalue weighted by atomic mass is 35.5. The molecule has 1 aliphatic carbocycles. The number of hydrogen-bond acceptors (Lipinski definition) is 4. The monoisotopic (exact) mass is 433 g/mol. The molecule has 2 aliphatic rings. The molecule has 1 heterocycles. The molecule has 0 N–H and O–H groups in total. The van der Waals surface area contributed by atoms with Crippen molar-refractivity contribution in [2.24, 2.45) is 0 Å². The maximum absolute atomic E-state index is 11.0. The molecule has 0 radical (unpaired) electrons. The molecule has 4 rings (SSSR count). The number of carbonyl (C=O) groups excluding carboxylic acids is 1. The van der Waals surface area contributed by atoms with Crippen LogP contribution in [-0.2, 0) is 16.1 Å². The molecular formula is C23H25Cl2NO3. The van der Waals surface area contributed by atoms with Crippen molar-refractivity contribution in [1.29, 1.82) is 0 Å². The van der Waals surface area contributed by atoms with Gasteiger partial charge in [0.15, 0.2) is 0 Å². The Labute approximate surface area is 181 Å². The van der Waals surface area contributed by atoms with Gasteiger partial charge in [0.1, 0.15) is 12.4 Å². The molecule has 1 saturated carbocycles. The second-order valence-electron chi connectivity index (χ2n) is 7.70. The number of rotatable bonds is 8. The third-order valence-electron chi connectivity index (χ3n) is 5.58. The van der Waals surface area contributed by atoms with Crippen molar-refractivity contribution in [3.8, 4) is 5.75 Å². The Hall–Kier alpha value is -1.59. The van der Waals surface area contributed by atoms with Crippen LogP contribution in [0, 0.1) is 0 Å². The van der Waals surface area contributed by atoms with E-state index < -0.39 is 0 Å². The lowest BCUT2D eigenvalue weighted by molar-refractivity contribution is -0.112. The maximum atomic E-state index is 11.0. The molecule has 2 fully saturated rings. The molecule has 1 atom stereocenters. The van der Waals surface area contributed by atoms with Crippen molar-refractivity contribution >= 4 is 28.4 Å². The molecule has 2 aromatic rings. The van der Waals surface area contributed by atoms with Gasteiger partial charge in [-0.2, -0.15) is 0 Å². The van der Waals surface area contributed by atoms with Crippen molar-refractivity contribution < 1.29 is 14.3 Å². The number of morpholine rings is 1. The van der Waals surface area contributed by atoms with Crippen LogP contribution in [0.1, 0.15) is 48.0 Å². The Bertz CT molecular complexity index is 852. The van der Waals surface area contributed by atoms with E-state index in [-0.39, 0.29) is 11.3 Å². The van der Waals surface area contributed by atoms with Crippen molar-refractivity contribution in [3.05, 3.63) is 64.2 Å². The molecular weight excluding hydrogens is 409 g/mol. The number of ether oxygens (including phenoxy) is 2. The Morgan fingerprint density at radius 1 is 1.17 bits per heavy atom. The highest BCUT2D eigenvalue weighted by Gasteiger charge is 2.27. The van der Waals surface area contributed by atoms with Crippen LogP contribution in [0.15, 0.2) is 42.5 Å². The summed E-state index contributed by atoms with van der Waals surface area (Å²) in [7, 11) is 0. The first kappa shape index (κ1) is 20.7. The summed E-state index contributed by atoms with van der Waals surface area (Å²) >= 11 is 11.9. The average molecular weight is 434 g/mol. The fourth-order valence-corrected chi connectivity index (χ4v) is 4.11. The molecule has 6 heteroatoms. The zero-order valence-corrected chi connectivity index (χ0v) is 17.8. The van der Waals surface area contributed by atoms with Crippen LogP contribution in [0.5, 0.6) is 5.75 Å². The standard InChI is InChI=1S/C23H25Cl2NO3/c24-21-3-1-2-19(16-4-5-16)20(21)15-29-18-8-6-17(7-9-18)22-14-26(12-13-28-22)11-10-23(25)27/h1-3,6-9,16,22H,4-5,10-15H2. The summed E-state index contributed by atoms with van der Waals surface area (Å²) in [6.07, 6.45) is 2.83. The van der Waals surface area contributed by atoms with Gasteiger partial charge >= 0.3 is 0 Å². The minimum absolute atomic E-state index is 0.00624. The normalized spacial score (nSPS) is 19.9. The molecule has 1 saturated heterocycles. The van der Waals surface area contributed by atoms with E-state index in [1.54, 1.807) is 0 Å². The van der Waals surface area contributed by atoms with Gasteiger partial charge in [-0.05, 0) is 59.7 Å². The van der Waals surface area contributed by atoms with E-state index in [9.17, 15) is 4.79 Å². The second-order valence-corrected chi connectivity index (χ2v) is 8.53. The topological polar surface area (TPSA) is 38.8 Å². The summed E-state index contributed by atoms with van der Waals surface area (Å²) in [6, 6.07) is 14.2. The second kappa shape index (κ2) is 9.48. The van der Waals surface area contributed by atoms with Gasteiger partial charge in [-0.25, -0.2) is 0 Å². The molecule has 0 bridgehead atoms. The summed E-state index contributed by atoms with van der Waals surface area (Å²) in [5.41, 5.74) is 3.52. The largest absolute Gasteiger partial charge is 0.489 e. The molecule has 0 aromatic heterocycles. The van der Waals surface area contributed by atoms with Crippen LogP contribution >= 0.6 is 23.2 Å². The van der Waals surface area contributed by atoms with E-state index in [4.69, 9.17) is 32.7 Å². The maximum Gasteiger partial charge on any atom is 0.222 e. The lowest BCUT2D eigenvalue weighted by Gasteiger charge is -2.32. The van der Waals surface area contributed by atoms with E-state index in [2.05, 4.69) is 11.0 Å². The van der Waals surface area contributed by atoms with Crippen LogP contribution in [0.2, 0.25) is 5.02 Å². The van der Waals surface area contributed by atoms with Gasteiger partial charge in [0.25, 0.3) is 0 Å². The first-order valence-electron chi connectivity index (χ1n) is 10.1. The molecule has 0 spiro atoms. The molecule has 1 unspecified atom stereocenters. The number of halogens is 2. The Morgan fingerprint density at radius 2 is 1.97 bits per heavy atom. The van der Waals surface area contributed by atoms with E-state index in [0.717, 1.165) is 35.0 Å². The molecule has 154 valence electrons. The van der Waals surface area contributed by atoms with Crippen LogP contribution in [0.25, 0.3) is 0 Å². The predicted molar refractivity (Wildman–Crippen MR) is 115 cm³/mol. The highest BCUT2D eigenvalue weighted by molar-refractivity contribution is 6.63. The van der Waals surface area contributed by atoms with Gasteiger partial charge in [0.05, 0.1) is 12.7 Å². The Balaban J connectivity index is 1.36. The average Bonchev–Trinajstić information content (AvgIpc) is 3.57. The van der Waals surface area contributed by atoms with Crippen LogP contribution in [0.4, 0.5) is 0 Å². The molecule has 0 amide bonds. The van der Waals surface area contributed by atoms with Gasteiger partial charge in [0.2, 0.25) is 5.24 Å². The first-order valence-corrected chi connectivity index (χ1v) is 10.9. The van der Waals surface area contributed by atoms with Crippen LogP contribution < -0.4 is 4.74 Å². The summed E-state index contributed by atoms with van der Waals surface area (Å²) in [5.74, 6) is 1.45. The van der Waals surface area contributed by atoms with Crippen molar-refractivity contribution in [2.75, 3.05) is 26.2 Å². The molecule has 4 nitrogen and oxygen atoms in total. The zero-order chi connectivity index (χ0) is 20.2. The van der Waals surface area contributed by atoms with Gasteiger partial charge in [-0.1, -0.05) is 35.9 Å². The van der Waals surface area contributed by atoms with Gasteiger partial charge in [0, 0.05) is 36.6 Å². The summed E-state index contributed by atoms with van der Waals surface area (Å²) in [4.78, 5) is 13.2. The number of hydrogen-bond donors (Lipinski definition) is 0. The molecule has 2 aromatic carbocycles. The fraction of sp³-hybridized carbons (Fsp3) is 0.435. The minimum Gasteiger partial charge on any atom is -0.489 e. The minimum atomic E-state index is -0.294. The van der Waals surface area contributed by atoms with Gasteiger partial charge in [-0.3, -0.25) is 9.69 Å². The van der Waals surface area contributed by atoms with Crippen molar-refractivity contribution in [2.45, 2.75) is 37.9 Å². The van der Waals surface area contributed by atoms with E-state index in [1.165, 1.54) is 18.4 Å². The molecule has 1 aliphatic heterocycles. The number of nitrogens with zero attached hydrogens (tertiary/aromatic N) is 1. The highest BCUT2D eigenvalue weighted by Crippen LogP contribution is 2.43. The number of benzene rings is 2. The first-order chi connectivity index (χ1) is 14.1. The Morgan fingerprint density at radius 3 is 2.69 bits per heavy atom. The lowest BCUT2D eigenvalue weighted by atomic mass is 10.0. The van der Waals surface area contributed by atoms with Crippen molar-refractivity contribution in [1.82, 2.24) is 4.90 Å². The zero-order valence-electron chi connectivity index (χ0n) is 16.3. The van der Waals surface area contributed by atoms with Crippen LogP contribution in [-0.4, -0.2) is 36.4 Å². The Kier molecular flexibility index (Phi) is 6.76. The lowest BCUT2D eigenvalue weighted by Crippen LogP contribution is -2.39. The van der Waals surface area contributed by atoms with Gasteiger partial charge < -0.3 is 9.47 Å². The third kappa shape index (κ3) is 5.52. The van der Waals surface area contributed by atoms with E-state index in [1.807, 2.05) is 36.4 Å². The summed E-state index contributed by atoms with van der Waals surface area (Å²) < 4.78 is 11.9. The predicted octanol–water partition coefficient (Wildman–Crippen LogP) is 5.33.